The van der Waals surface area contributed by atoms with E-state index in [0.717, 1.165) is 11.3 Å². The Kier molecular flexibility index (Phi) is 7.59. The van der Waals surface area contributed by atoms with Crippen LogP contribution in [0.2, 0.25) is 0 Å². The van der Waals surface area contributed by atoms with Crippen LogP contribution in [0.3, 0.4) is 0 Å². The highest BCUT2D eigenvalue weighted by Crippen LogP contribution is 2.59. The van der Waals surface area contributed by atoms with E-state index in [1.165, 1.54) is 0 Å². The highest BCUT2D eigenvalue weighted by Gasteiger charge is 2.37. The lowest BCUT2D eigenvalue weighted by atomic mass is 10.2. The van der Waals surface area contributed by atoms with E-state index in [9.17, 15) is 4.57 Å². The van der Waals surface area contributed by atoms with Crippen LogP contribution in [0.15, 0.2) is 60.7 Å². The van der Waals surface area contributed by atoms with E-state index in [2.05, 4.69) is 10.6 Å². The van der Waals surface area contributed by atoms with Crippen molar-refractivity contribution in [3.63, 3.8) is 0 Å². The van der Waals surface area contributed by atoms with Gasteiger partial charge in [-0.05, 0) is 43.8 Å². The van der Waals surface area contributed by atoms with E-state index in [-0.39, 0.29) is 13.2 Å². The van der Waals surface area contributed by atoms with Crippen LogP contribution in [0.25, 0.3) is 0 Å². The third-order valence-electron chi connectivity index (χ3n) is 3.35. The van der Waals surface area contributed by atoms with Crippen molar-refractivity contribution in [2.24, 2.45) is 0 Å². The van der Waals surface area contributed by atoms with Gasteiger partial charge < -0.3 is 19.7 Å². The summed E-state index contributed by atoms with van der Waals surface area (Å²) in [6.07, 6.45) is 0. The van der Waals surface area contributed by atoms with E-state index < -0.39 is 13.4 Å². The Balaban J connectivity index is 2.25. The van der Waals surface area contributed by atoms with Gasteiger partial charge >= 0.3 is 7.60 Å². The first-order valence-corrected chi connectivity index (χ1v) is 10.2. The number of rotatable bonds is 8. The highest BCUT2D eigenvalue weighted by molar-refractivity contribution is 7.80. The van der Waals surface area contributed by atoms with Crippen molar-refractivity contribution in [3.05, 3.63) is 66.2 Å². The smallest absolute Gasteiger partial charge is 0.345 e. The van der Waals surface area contributed by atoms with E-state index in [1.807, 2.05) is 60.7 Å². The molecule has 2 rings (SSSR count). The van der Waals surface area contributed by atoms with Crippen molar-refractivity contribution < 1.29 is 13.6 Å². The molecule has 134 valence electrons. The number of hydrogen-bond donors (Lipinski definition) is 2. The molecule has 7 heteroatoms. The van der Waals surface area contributed by atoms with E-state index in [1.54, 1.807) is 13.8 Å². The first kappa shape index (κ1) is 19.6. The van der Waals surface area contributed by atoms with Crippen molar-refractivity contribution in [3.8, 4) is 0 Å². The van der Waals surface area contributed by atoms with Gasteiger partial charge in [0.2, 0.25) is 0 Å². The lowest BCUT2D eigenvalue weighted by Gasteiger charge is -2.28. The number of thiocarbonyl (C=S) groups is 1. The molecule has 0 aliphatic heterocycles. The molecular formula is C18H23N2O3PS. The van der Waals surface area contributed by atoms with Crippen molar-refractivity contribution in [2.75, 3.05) is 18.5 Å². The standard InChI is InChI=1S/C18H23N2O3PS/c1-3-22-24(21,23-4-2)17(15-11-7-5-8-12-15)20-18(25)19-16-13-9-6-10-14-16/h5-14,17H,3-4H2,1-2H3,(H2,19,20,25). The molecular weight excluding hydrogens is 355 g/mol. The average Bonchev–Trinajstić information content (AvgIpc) is 2.61. The van der Waals surface area contributed by atoms with Gasteiger partial charge in [0, 0.05) is 5.69 Å². The minimum absolute atomic E-state index is 0.279. The Bertz CT molecular complexity index is 703. The number of nitrogens with one attached hydrogen (secondary N) is 2. The van der Waals surface area contributed by atoms with Gasteiger partial charge in [-0.15, -0.1) is 0 Å². The molecule has 0 fully saturated rings. The zero-order chi connectivity index (χ0) is 18.1. The van der Waals surface area contributed by atoms with Gasteiger partial charge in [-0.1, -0.05) is 48.5 Å². The van der Waals surface area contributed by atoms with Gasteiger partial charge in [0.1, 0.15) is 0 Å². The van der Waals surface area contributed by atoms with Crippen LogP contribution in [0, 0.1) is 0 Å². The SMILES string of the molecule is CCOP(=O)(OCC)C(NC(=S)Nc1ccccc1)c1ccccc1. The normalized spacial score (nSPS) is 12.4. The maximum Gasteiger partial charge on any atom is 0.357 e. The van der Waals surface area contributed by atoms with Gasteiger partial charge in [0.15, 0.2) is 10.9 Å². The Labute approximate surface area is 154 Å². The first-order valence-electron chi connectivity index (χ1n) is 8.15. The summed E-state index contributed by atoms with van der Waals surface area (Å²) in [6, 6.07) is 18.9. The Hall–Kier alpha value is -1.72. The summed E-state index contributed by atoms with van der Waals surface area (Å²) in [4.78, 5) is 0. The van der Waals surface area contributed by atoms with Gasteiger partial charge in [0.25, 0.3) is 0 Å². The van der Waals surface area contributed by atoms with Crippen LogP contribution < -0.4 is 10.6 Å². The van der Waals surface area contributed by atoms with Crippen molar-refractivity contribution in [2.45, 2.75) is 19.6 Å². The van der Waals surface area contributed by atoms with Gasteiger partial charge in [-0.25, -0.2) is 0 Å². The summed E-state index contributed by atoms with van der Waals surface area (Å²) in [5, 5.41) is 6.53. The summed E-state index contributed by atoms with van der Waals surface area (Å²) in [5.41, 5.74) is 1.62. The molecule has 0 aromatic heterocycles. The van der Waals surface area contributed by atoms with E-state index in [0.29, 0.717) is 5.11 Å². The summed E-state index contributed by atoms with van der Waals surface area (Å²) in [5.74, 6) is -0.697. The van der Waals surface area contributed by atoms with Crippen molar-refractivity contribution in [1.29, 1.82) is 0 Å². The number of benzene rings is 2. The molecule has 2 aromatic rings. The molecule has 0 aliphatic rings. The van der Waals surface area contributed by atoms with Crippen LogP contribution in [0.4, 0.5) is 5.69 Å². The monoisotopic (exact) mass is 378 g/mol. The van der Waals surface area contributed by atoms with Gasteiger partial charge in [-0.3, -0.25) is 4.57 Å². The zero-order valence-electron chi connectivity index (χ0n) is 14.3. The van der Waals surface area contributed by atoms with Crippen molar-refractivity contribution in [1.82, 2.24) is 5.32 Å². The Morgan fingerprint density at radius 3 is 2.04 bits per heavy atom. The van der Waals surface area contributed by atoms with Crippen LogP contribution in [-0.4, -0.2) is 18.3 Å². The van der Waals surface area contributed by atoms with Crippen LogP contribution in [-0.2, 0) is 13.6 Å². The predicted molar refractivity (Wildman–Crippen MR) is 106 cm³/mol. The zero-order valence-corrected chi connectivity index (χ0v) is 16.1. The molecule has 0 spiro atoms. The van der Waals surface area contributed by atoms with E-state index >= 15 is 0 Å². The molecule has 1 atom stereocenters. The van der Waals surface area contributed by atoms with Crippen molar-refractivity contribution >= 4 is 30.6 Å². The molecule has 0 radical (unpaired) electrons. The second kappa shape index (κ2) is 9.68. The molecule has 1 unspecified atom stereocenters. The Morgan fingerprint density at radius 2 is 1.52 bits per heavy atom. The van der Waals surface area contributed by atoms with Gasteiger partial charge in [0.05, 0.1) is 13.2 Å². The Morgan fingerprint density at radius 1 is 1.00 bits per heavy atom. The summed E-state index contributed by atoms with van der Waals surface area (Å²) >= 11 is 5.39. The maximum atomic E-state index is 13.3. The lowest BCUT2D eigenvalue weighted by molar-refractivity contribution is 0.210. The first-order chi connectivity index (χ1) is 12.1. The molecule has 0 saturated carbocycles. The van der Waals surface area contributed by atoms with Crippen LogP contribution >= 0.6 is 19.8 Å². The number of para-hydroxylation sites is 1. The van der Waals surface area contributed by atoms with Gasteiger partial charge in [-0.2, -0.15) is 0 Å². The molecule has 2 aromatic carbocycles. The lowest BCUT2D eigenvalue weighted by Crippen LogP contribution is -2.33. The molecule has 0 bridgehead atoms. The molecule has 0 heterocycles. The quantitative estimate of drug-likeness (QED) is 0.501. The molecule has 25 heavy (non-hydrogen) atoms. The highest BCUT2D eigenvalue weighted by atomic mass is 32.1. The topological polar surface area (TPSA) is 59.6 Å². The minimum Gasteiger partial charge on any atom is -0.345 e. The third kappa shape index (κ3) is 5.65. The summed E-state index contributed by atoms with van der Waals surface area (Å²) < 4.78 is 24.3. The van der Waals surface area contributed by atoms with Crippen LogP contribution in [0.5, 0.6) is 0 Å². The maximum absolute atomic E-state index is 13.3. The summed E-state index contributed by atoms with van der Waals surface area (Å²) in [6.45, 7) is 4.13. The second-order valence-corrected chi connectivity index (χ2v) is 7.67. The predicted octanol–water partition coefficient (Wildman–Crippen LogP) is 4.94. The van der Waals surface area contributed by atoms with Crippen LogP contribution in [0.1, 0.15) is 25.2 Å². The third-order valence-corrected chi connectivity index (χ3v) is 5.86. The van der Waals surface area contributed by atoms with E-state index in [4.69, 9.17) is 21.3 Å². The molecule has 0 amide bonds. The molecule has 2 N–H and O–H groups in total. The second-order valence-electron chi connectivity index (χ2n) is 5.15. The fourth-order valence-electron chi connectivity index (χ4n) is 2.34. The molecule has 0 aliphatic carbocycles. The number of anilines is 1. The fourth-order valence-corrected chi connectivity index (χ4v) is 4.58. The number of hydrogen-bond acceptors (Lipinski definition) is 4. The average molecular weight is 378 g/mol. The minimum atomic E-state index is -3.45. The largest absolute Gasteiger partial charge is 0.357 e. The summed E-state index contributed by atoms with van der Waals surface area (Å²) in [7, 11) is -3.45. The fraction of sp³-hybridized carbons (Fsp3) is 0.278. The molecule has 0 saturated heterocycles. The molecule has 5 nitrogen and oxygen atoms in total.